The van der Waals surface area contributed by atoms with Crippen LogP contribution in [0.25, 0.3) is 0 Å². The van der Waals surface area contributed by atoms with E-state index in [-0.39, 0.29) is 5.54 Å². The first-order chi connectivity index (χ1) is 6.63. The lowest BCUT2D eigenvalue weighted by atomic mass is 9.90. The number of rotatable bonds is 1. The second-order valence-electron chi connectivity index (χ2n) is 3.84. The Hall–Kier alpha value is -0.310. The Bertz CT molecular complexity index is 326. The molecule has 0 atom stereocenters. The number of hydrogen-bond acceptors (Lipinski definition) is 2. The van der Waals surface area contributed by atoms with Crippen LogP contribution in [-0.4, -0.2) is 4.98 Å². The SMILES string of the molecule is NC1(c2c(Cl)cncc2Cl)CCCC1. The van der Waals surface area contributed by atoms with Gasteiger partial charge in [-0.1, -0.05) is 36.0 Å². The Labute approximate surface area is 93.4 Å². The maximum atomic E-state index is 6.29. The average molecular weight is 231 g/mol. The van der Waals surface area contributed by atoms with Gasteiger partial charge in [0.05, 0.1) is 10.0 Å². The second kappa shape index (κ2) is 3.69. The van der Waals surface area contributed by atoms with Crippen LogP contribution < -0.4 is 5.73 Å². The highest BCUT2D eigenvalue weighted by molar-refractivity contribution is 6.36. The van der Waals surface area contributed by atoms with Crippen molar-refractivity contribution in [3.63, 3.8) is 0 Å². The van der Waals surface area contributed by atoms with E-state index < -0.39 is 0 Å². The molecule has 1 aliphatic rings. The molecule has 0 saturated heterocycles. The van der Waals surface area contributed by atoms with Gasteiger partial charge in [-0.3, -0.25) is 4.98 Å². The Morgan fingerprint density at radius 3 is 2.14 bits per heavy atom. The Balaban J connectivity index is 2.49. The fraction of sp³-hybridized carbons (Fsp3) is 0.500. The molecule has 0 aromatic carbocycles. The third kappa shape index (κ3) is 1.62. The molecule has 1 aliphatic carbocycles. The van der Waals surface area contributed by atoms with Crippen LogP contribution >= 0.6 is 23.2 Å². The molecule has 4 heteroatoms. The Morgan fingerprint density at radius 2 is 1.64 bits per heavy atom. The van der Waals surface area contributed by atoms with E-state index >= 15 is 0 Å². The Kier molecular flexibility index (Phi) is 2.69. The van der Waals surface area contributed by atoms with Crippen molar-refractivity contribution in [2.75, 3.05) is 0 Å². The van der Waals surface area contributed by atoms with Crippen molar-refractivity contribution >= 4 is 23.2 Å². The molecular weight excluding hydrogens is 219 g/mol. The van der Waals surface area contributed by atoms with Gasteiger partial charge in [0, 0.05) is 23.5 Å². The lowest BCUT2D eigenvalue weighted by Gasteiger charge is -2.26. The van der Waals surface area contributed by atoms with Crippen LogP contribution in [0.5, 0.6) is 0 Å². The molecular formula is C10H12Cl2N2. The van der Waals surface area contributed by atoms with E-state index in [9.17, 15) is 0 Å². The summed E-state index contributed by atoms with van der Waals surface area (Å²) in [6.45, 7) is 0. The summed E-state index contributed by atoms with van der Waals surface area (Å²) in [6, 6.07) is 0. The lowest BCUT2D eigenvalue weighted by molar-refractivity contribution is 0.461. The van der Waals surface area contributed by atoms with Gasteiger partial charge in [0.25, 0.3) is 0 Å². The minimum Gasteiger partial charge on any atom is -0.321 e. The molecule has 0 bridgehead atoms. The van der Waals surface area contributed by atoms with Crippen molar-refractivity contribution < 1.29 is 0 Å². The summed E-state index contributed by atoms with van der Waals surface area (Å²) in [6.07, 6.45) is 7.41. The molecule has 1 aromatic rings. The summed E-state index contributed by atoms with van der Waals surface area (Å²) in [5, 5.41) is 1.17. The van der Waals surface area contributed by atoms with Crippen LogP contribution in [0.4, 0.5) is 0 Å². The quantitative estimate of drug-likeness (QED) is 0.806. The zero-order chi connectivity index (χ0) is 10.2. The first-order valence-corrected chi connectivity index (χ1v) is 5.47. The molecule has 14 heavy (non-hydrogen) atoms. The lowest BCUT2D eigenvalue weighted by Crippen LogP contribution is -2.33. The fourth-order valence-electron chi connectivity index (χ4n) is 2.14. The van der Waals surface area contributed by atoms with E-state index in [1.807, 2.05) is 0 Å². The van der Waals surface area contributed by atoms with E-state index in [1.165, 1.54) is 0 Å². The van der Waals surface area contributed by atoms with Crippen LogP contribution in [0.15, 0.2) is 12.4 Å². The van der Waals surface area contributed by atoms with Crippen LogP contribution in [0.1, 0.15) is 31.2 Å². The van der Waals surface area contributed by atoms with Crippen molar-refractivity contribution in [3.8, 4) is 0 Å². The van der Waals surface area contributed by atoms with E-state index in [4.69, 9.17) is 28.9 Å². The summed E-state index contributed by atoms with van der Waals surface area (Å²) in [4.78, 5) is 3.93. The molecule has 0 spiro atoms. The van der Waals surface area contributed by atoms with Crippen LogP contribution in [-0.2, 0) is 5.54 Å². The predicted octanol–water partition coefficient (Wildman–Crippen LogP) is 3.12. The summed E-state index contributed by atoms with van der Waals surface area (Å²) in [5.41, 5.74) is 6.82. The van der Waals surface area contributed by atoms with Crippen molar-refractivity contribution in [2.45, 2.75) is 31.2 Å². The minimum atomic E-state index is -0.336. The van der Waals surface area contributed by atoms with Gasteiger partial charge in [0.1, 0.15) is 0 Å². The van der Waals surface area contributed by atoms with Crippen molar-refractivity contribution in [1.29, 1.82) is 0 Å². The van der Waals surface area contributed by atoms with E-state index in [1.54, 1.807) is 12.4 Å². The van der Waals surface area contributed by atoms with Gasteiger partial charge in [0.2, 0.25) is 0 Å². The van der Waals surface area contributed by atoms with Gasteiger partial charge >= 0.3 is 0 Å². The smallest absolute Gasteiger partial charge is 0.0654 e. The zero-order valence-electron chi connectivity index (χ0n) is 7.76. The number of aromatic nitrogens is 1. The molecule has 0 aliphatic heterocycles. The van der Waals surface area contributed by atoms with Crippen molar-refractivity contribution in [1.82, 2.24) is 4.98 Å². The Morgan fingerprint density at radius 1 is 1.14 bits per heavy atom. The van der Waals surface area contributed by atoms with E-state index in [0.29, 0.717) is 10.0 Å². The predicted molar refractivity (Wildman–Crippen MR) is 58.6 cm³/mol. The maximum Gasteiger partial charge on any atom is 0.0654 e. The summed E-state index contributed by atoms with van der Waals surface area (Å²) >= 11 is 12.1. The van der Waals surface area contributed by atoms with Gasteiger partial charge in [-0.2, -0.15) is 0 Å². The molecule has 1 saturated carbocycles. The minimum absolute atomic E-state index is 0.336. The second-order valence-corrected chi connectivity index (χ2v) is 4.66. The summed E-state index contributed by atoms with van der Waals surface area (Å²) < 4.78 is 0. The third-order valence-corrected chi connectivity index (χ3v) is 3.42. The highest BCUT2D eigenvalue weighted by Gasteiger charge is 2.34. The summed E-state index contributed by atoms with van der Waals surface area (Å²) in [7, 11) is 0. The molecule has 1 aromatic heterocycles. The first kappa shape index (κ1) is 10.2. The van der Waals surface area contributed by atoms with Crippen LogP contribution in [0, 0.1) is 0 Å². The van der Waals surface area contributed by atoms with Gasteiger partial charge in [0.15, 0.2) is 0 Å². The highest BCUT2D eigenvalue weighted by Crippen LogP contribution is 2.42. The number of hydrogen-bond donors (Lipinski definition) is 1. The molecule has 1 fully saturated rings. The van der Waals surface area contributed by atoms with Crippen molar-refractivity contribution in [3.05, 3.63) is 28.0 Å². The average Bonchev–Trinajstić information content (AvgIpc) is 2.52. The normalized spacial score (nSPS) is 19.9. The number of pyridine rings is 1. The molecule has 1 heterocycles. The first-order valence-electron chi connectivity index (χ1n) is 4.72. The van der Waals surface area contributed by atoms with E-state index in [0.717, 1.165) is 31.2 Å². The zero-order valence-corrected chi connectivity index (χ0v) is 9.28. The third-order valence-electron chi connectivity index (χ3n) is 2.85. The molecule has 0 radical (unpaired) electrons. The molecule has 0 amide bonds. The maximum absolute atomic E-state index is 6.29. The van der Waals surface area contributed by atoms with Gasteiger partial charge in [-0.25, -0.2) is 0 Å². The number of halogens is 2. The van der Waals surface area contributed by atoms with Gasteiger partial charge < -0.3 is 5.73 Å². The molecule has 2 N–H and O–H groups in total. The van der Waals surface area contributed by atoms with Gasteiger partial charge in [-0.15, -0.1) is 0 Å². The highest BCUT2D eigenvalue weighted by atomic mass is 35.5. The largest absolute Gasteiger partial charge is 0.321 e. The monoisotopic (exact) mass is 230 g/mol. The molecule has 2 rings (SSSR count). The molecule has 76 valence electrons. The van der Waals surface area contributed by atoms with E-state index in [2.05, 4.69) is 4.98 Å². The van der Waals surface area contributed by atoms with Crippen molar-refractivity contribution in [2.24, 2.45) is 5.73 Å². The molecule has 2 nitrogen and oxygen atoms in total. The fourth-order valence-corrected chi connectivity index (χ4v) is 2.88. The van der Waals surface area contributed by atoms with Gasteiger partial charge in [-0.05, 0) is 12.8 Å². The summed E-state index contributed by atoms with van der Waals surface area (Å²) in [5.74, 6) is 0. The van der Waals surface area contributed by atoms with Crippen LogP contribution in [0.2, 0.25) is 10.0 Å². The van der Waals surface area contributed by atoms with Crippen LogP contribution in [0.3, 0.4) is 0 Å². The number of nitrogens with two attached hydrogens (primary N) is 1. The molecule has 0 unspecified atom stereocenters. The standard InChI is InChI=1S/C10H12Cl2N2/c11-7-5-14-6-8(12)9(7)10(13)3-1-2-4-10/h5-6H,1-4,13H2. The number of nitrogens with zero attached hydrogens (tertiary/aromatic N) is 1. The topological polar surface area (TPSA) is 38.9 Å².